The summed E-state index contributed by atoms with van der Waals surface area (Å²) in [4.78, 5) is 11.9. The molecule has 0 aliphatic heterocycles. The highest BCUT2D eigenvalue weighted by atomic mass is 19.4. The van der Waals surface area contributed by atoms with Gasteiger partial charge in [-0.15, -0.1) is 33.6 Å². The third-order valence-corrected chi connectivity index (χ3v) is 3.20. The fourth-order valence-corrected chi connectivity index (χ4v) is 2.04. The van der Waals surface area contributed by atoms with Gasteiger partial charge in [-0.1, -0.05) is 0 Å². The number of fused-ring (bicyclic) bond motifs is 1. The maximum atomic E-state index is 12.4. The van der Waals surface area contributed by atoms with E-state index in [4.69, 9.17) is 4.74 Å². The predicted octanol–water partition coefficient (Wildman–Crippen LogP) is 1.38. The van der Waals surface area contributed by atoms with Crippen LogP contribution in [0.3, 0.4) is 0 Å². The Balaban J connectivity index is 1.63. The zero-order valence-corrected chi connectivity index (χ0v) is 12.9. The fourth-order valence-electron chi connectivity index (χ4n) is 2.04. The van der Waals surface area contributed by atoms with Crippen molar-refractivity contribution >= 4 is 17.4 Å². The molecule has 1 amide bonds. The Bertz CT molecular complexity index is 903. The molecule has 9 nitrogen and oxygen atoms in total. The standard InChI is InChI=1S/C13H12F3N7O2/c1-25-12-5-3-10-19-18-9(23(10)21-12)2-4-11(24)17-8-6-7-22(20-8)13(14,15)16/h3,5-7H,2,4H2,1H3,(H,17,20,24). The first-order valence-electron chi connectivity index (χ1n) is 7.05. The van der Waals surface area contributed by atoms with Crippen LogP contribution in [0.5, 0.6) is 5.88 Å². The summed E-state index contributed by atoms with van der Waals surface area (Å²) in [6.07, 6.45) is -3.75. The Hall–Kier alpha value is -3.18. The number of methoxy groups -OCH3 is 1. The van der Waals surface area contributed by atoms with Gasteiger partial charge in [-0.2, -0.15) is 9.20 Å². The summed E-state index contributed by atoms with van der Waals surface area (Å²) >= 11 is 0. The van der Waals surface area contributed by atoms with Gasteiger partial charge in [0.15, 0.2) is 17.3 Å². The molecular weight excluding hydrogens is 343 g/mol. The molecule has 0 saturated heterocycles. The Morgan fingerprint density at radius 3 is 2.72 bits per heavy atom. The minimum absolute atomic E-state index is 0.0292. The number of ether oxygens (including phenoxy) is 1. The van der Waals surface area contributed by atoms with Crippen LogP contribution in [-0.2, 0) is 17.5 Å². The molecule has 12 heteroatoms. The molecule has 0 bridgehead atoms. The lowest BCUT2D eigenvalue weighted by Gasteiger charge is -2.05. The van der Waals surface area contributed by atoms with Crippen LogP contribution < -0.4 is 10.1 Å². The molecule has 0 fully saturated rings. The summed E-state index contributed by atoms with van der Waals surface area (Å²) in [6, 6.07) is 4.34. The Morgan fingerprint density at radius 1 is 1.24 bits per heavy atom. The van der Waals surface area contributed by atoms with Crippen LogP contribution in [0.25, 0.3) is 5.65 Å². The summed E-state index contributed by atoms with van der Waals surface area (Å²) in [5.41, 5.74) is 0.486. The van der Waals surface area contributed by atoms with Crippen LogP contribution in [0.15, 0.2) is 24.4 Å². The van der Waals surface area contributed by atoms with Crippen LogP contribution in [-0.4, -0.2) is 42.6 Å². The van der Waals surface area contributed by atoms with E-state index < -0.39 is 12.2 Å². The average Bonchev–Trinajstić information content (AvgIpc) is 3.18. The smallest absolute Gasteiger partial charge is 0.480 e. The molecule has 132 valence electrons. The summed E-state index contributed by atoms with van der Waals surface area (Å²) in [6.45, 7) is 0. The molecular formula is C13H12F3N7O2. The Labute approximate surface area is 138 Å². The number of aryl methyl sites for hydroxylation is 1. The third-order valence-electron chi connectivity index (χ3n) is 3.20. The van der Waals surface area contributed by atoms with Crippen LogP contribution >= 0.6 is 0 Å². The summed E-state index contributed by atoms with van der Waals surface area (Å²) < 4.78 is 43.6. The van der Waals surface area contributed by atoms with Crippen molar-refractivity contribution in [2.45, 2.75) is 19.1 Å². The van der Waals surface area contributed by atoms with Crippen LogP contribution in [0.1, 0.15) is 12.2 Å². The largest absolute Gasteiger partial charge is 0.504 e. The molecule has 3 rings (SSSR count). The van der Waals surface area contributed by atoms with E-state index in [1.807, 2.05) is 0 Å². The van der Waals surface area contributed by atoms with Gasteiger partial charge in [0.1, 0.15) is 0 Å². The number of anilines is 1. The molecule has 0 aromatic carbocycles. The zero-order chi connectivity index (χ0) is 18.0. The molecule has 0 saturated carbocycles. The number of aromatic nitrogens is 6. The highest BCUT2D eigenvalue weighted by Gasteiger charge is 2.31. The van der Waals surface area contributed by atoms with Gasteiger partial charge in [-0.3, -0.25) is 4.79 Å². The zero-order valence-electron chi connectivity index (χ0n) is 12.9. The number of hydrogen-bond donors (Lipinski definition) is 1. The molecule has 3 aromatic heterocycles. The SMILES string of the molecule is COc1ccc2nnc(CCC(=O)Nc3ccn(C(F)(F)F)n3)n2n1. The molecule has 3 heterocycles. The van der Waals surface area contributed by atoms with Gasteiger partial charge in [-0.25, -0.2) is 0 Å². The number of nitrogens with one attached hydrogen (secondary N) is 1. The minimum atomic E-state index is -4.63. The van der Waals surface area contributed by atoms with E-state index in [9.17, 15) is 18.0 Å². The maximum Gasteiger partial charge on any atom is 0.504 e. The molecule has 0 aliphatic rings. The Morgan fingerprint density at radius 2 is 2.04 bits per heavy atom. The molecule has 0 unspecified atom stereocenters. The van der Waals surface area contributed by atoms with Crippen LogP contribution in [0, 0.1) is 0 Å². The predicted molar refractivity (Wildman–Crippen MR) is 77.8 cm³/mol. The van der Waals surface area contributed by atoms with Gasteiger partial charge in [0.2, 0.25) is 11.8 Å². The molecule has 3 aromatic rings. The summed E-state index contributed by atoms with van der Waals surface area (Å²) in [5, 5.41) is 17.5. The van der Waals surface area contributed by atoms with Crippen LogP contribution in [0.4, 0.5) is 19.0 Å². The number of hydrogen-bond acceptors (Lipinski definition) is 6. The van der Waals surface area contributed by atoms with Gasteiger partial charge in [0.25, 0.3) is 0 Å². The quantitative estimate of drug-likeness (QED) is 0.742. The normalized spacial score (nSPS) is 11.7. The molecule has 0 aliphatic carbocycles. The molecule has 1 N–H and O–H groups in total. The van der Waals surface area contributed by atoms with Crippen LogP contribution in [0.2, 0.25) is 0 Å². The third kappa shape index (κ3) is 3.67. The molecule has 0 atom stereocenters. The first kappa shape index (κ1) is 16.7. The van der Waals surface area contributed by atoms with Crippen molar-refractivity contribution in [1.29, 1.82) is 0 Å². The van der Waals surface area contributed by atoms with Crippen molar-refractivity contribution in [3.63, 3.8) is 0 Å². The van der Waals surface area contributed by atoms with Gasteiger partial charge >= 0.3 is 6.30 Å². The highest BCUT2D eigenvalue weighted by molar-refractivity contribution is 5.89. The lowest BCUT2D eigenvalue weighted by Crippen LogP contribution is -2.18. The summed E-state index contributed by atoms with van der Waals surface area (Å²) in [7, 11) is 1.46. The van der Waals surface area contributed by atoms with E-state index in [0.717, 1.165) is 12.3 Å². The second kappa shape index (κ2) is 6.37. The monoisotopic (exact) mass is 355 g/mol. The van der Waals surface area contributed by atoms with Crippen molar-refractivity contribution in [1.82, 2.24) is 29.6 Å². The number of alkyl halides is 3. The number of amides is 1. The van der Waals surface area contributed by atoms with E-state index in [0.29, 0.717) is 17.4 Å². The minimum Gasteiger partial charge on any atom is -0.480 e. The number of nitrogens with zero attached hydrogens (tertiary/aromatic N) is 6. The van der Waals surface area contributed by atoms with E-state index in [2.05, 4.69) is 25.7 Å². The number of carbonyl (C=O) groups excluding carboxylic acids is 1. The number of carbonyl (C=O) groups is 1. The van der Waals surface area contributed by atoms with Gasteiger partial charge in [-0.05, 0) is 6.07 Å². The van der Waals surface area contributed by atoms with E-state index in [1.165, 1.54) is 11.6 Å². The first-order chi connectivity index (χ1) is 11.9. The van der Waals surface area contributed by atoms with E-state index in [1.54, 1.807) is 12.1 Å². The second-order valence-electron chi connectivity index (χ2n) is 4.92. The molecule has 25 heavy (non-hydrogen) atoms. The molecule has 0 spiro atoms. The van der Waals surface area contributed by atoms with E-state index >= 15 is 0 Å². The summed E-state index contributed by atoms with van der Waals surface area (Å²) in [5.74, 6) is 0.0841. The van der Waals surface area contributed by atoms with Crippen molar-refractivity contribution in [2.75, 3.05) is 12.4 Å². The Kier molecular flexibility index (Phi) is 4.25. The lowest BCUT2D eigenvalue weighted by atomic mass is 10.3. The van der Waals surface area contributed by atoms with E-state index in [-0.39, 0.29) is 23.3 Å². The highest BCUT2D eigenvalue weighted by Crippen LogP contribution is 2.22. The molecule has 0 radical (unpaired) electrons. The van der Waals surface area contributed by atoms with Gasteiger partial charge < -0.3 is 10.1 Å². The topological polar surface area (TPSA) is 99.2 Å². The van der Waals surface area contributed by atoms with Crippen molar-refractivity contribution in [3.05, 3.63) is 30.2 Å². The second-order valence-corrected chi connectivity index (χ2v) is 4.92. The van der Waals surface area contributed by atoms with Crippen molar-refractivity contribution in [2.24, 2.45) is 0 Å². The average molecular weight is 355 g/mol. The number of halogens is 3. The lowest BCUT2D eigenvalue weighted by molar-refractivity contribution is -0.212. The number of rotatable bonds is 5. The van der Waals surface area contributed by atoms with Crippen molar-refractivity contribution in [3.8, 4) is 5.88 Å². The van der Waals surface area contributed by atoms with Gasteiger partial charge in [0, 0.05) is 31.2 Å². The van der Waals surface area contributed by atoms with Crippen molar-refractivity contribution < 1.29 is 22.7 Å². The van der Waals surface area contributed by atoms with Gasteiger partial charge in [0.05, 0.1) is 7.11 Å². The fraction of sp³-hybridized carbons (Fsp3) is 0.308. The maximum absolute atomic E-state index is 12.4. The first-order valence-corrected chi connectivity index (χ1v) is 7.05.